The van der Waals surface area contributed by atoms with Gasteiger partial charge < -0.3 is 10.5 Å². The summed E-state index contributed by atoms with van der Waals surface area (Å²) < 4.78 is 7.15. The number of rotatable bonds is 6. The summed E-state index contributed by atoms with van der Waals surface area (Å²) in [6, 6.07) is 7.69. The maximum absolute atomic E-state index is 9.60. The van der Waals surface area contributed by atoms with Gasteiger partial charge in [0, 0.05) is 31.3 Å². The van der Waals surface area contributed by atoms with Gasteiger partial charge in [0.1, 0.15) is 17.8 Å². The molecule has 0 aromatic carbocycles. The number of carbonyl (C=O) groups is 1. The first-order valence-electron chi connectivity index (χ1n) is 12.3. The van der Waals surface area contributed by atoms with Gasteiger partial charge >= 0.3 is 0 Å². The molecule has 1 aliphatic rings. The van der Waals surface area contributed by atoms with E-state index < -0.39 is 5.91 Å². The van der Waals surface area contributed by atoms with Gasteiger partial charge in [-0.05, 0) is 50.3 Å². The number of primary amides is 1. The molecule has 1 aliphatic carbocycles. The number of nitrogens with zero attached hydrogens (tertiary/aromatic N) is 5. The van der Waals surface area contributed by atoms with Crippen molar-refractivity contribution in [3.8, 4) is 17.6 Å². The number of hydrogen-bond acceptors (Lipinski definition) is 6. The summed E-state index contributed by atoms with van der Waals surface area (Å²) in [4.78, 5) is 23.3. The summed E-state index contributed by atoms with van der Waals surface area (Å²) >= 11 is 0. The Kier molecular flexibility index (Phi) is 11.8. The van der Waals surface area contributed by atoms with E-state index in [2.05, 4.69) is 41.8 Å². The maximum Gasteiger partial charge on any atom is 0.231 e. The lowest BCUT2D eigenvalue weighted by Crippen LogP contribution is -2.07. The number of nitriles is 1. The number of ether oxygens (including phenoxy) is 1. The fourth-order valence-corrected chi connectivity index (χ4v) is 3.91. The molecule has 8 heteroatoms. The normalized spacial score (nSPS) is 13.2. The predicted octanol–water partition coefficient (Wildman–Crippen LogP) is 4.96. The highest BCUT2D eigenvalue weighted by atomic mass is 16.5. The highest BCUT2D eigenvalue weighted by Crippen LogP contribution is 2.22. The SMILES string of the molecule is CC1CCCCC1.COCCCc1cc(C)nc(-c2cnc3ccc(C)cn23)n1.N#CCC(N)=O. The van der Waals surface area contributed by atoms with Crippen molar-refractivity contribution in [2.45, 2.75) is 72.1 Å². The Balaban J connectivity index is 0.000000272. The molecular formula is C27H38N6O2. The van der Waals surface area contributed by atoms with E-state index in [1.165, 1.54) is 37.7 Å². The van der Waals surface area contributed by atoms with E-state index >= 15 is 0 Å². The van der Waals surface area contributed by atoms with Crippen LogP contribution in [0.15, 0.2) is 30.6 Å². The predicted molar refractivity (Wildman–Crippen MR) is 138 cm³/mol. The van der Waals surface area contributed by atoms with Gasteiger partial charge in [0.15, 0.2) is 5.82 Å². The van der Waals surface area contributed by atoms with E-state index in [0.717, 1.165) is 53.9 Å². The van der Waals surface area contributed by atoms with Crippen LogP contribution in [0.4, 0.5) is 0 Å². The van der Waals surface area contributed by atoms with Crippen molar-refractivity contribution in [3.05, 3.63) is 47.5 Å². The summed E-state index contributed by atoms with van der Waals surface area (Å²) in [7, 11) is 1.72. The number of methoxy groups -OCH3 is 1. The van der Waals surface area contributed by atoms with Gasteiger partial charge in [-0.15, -0.1) is 0 Å². The van der Waals surface area contributed by atoms with Crippen LogP contribution in [0.5, 0.6) is 0 Å². The molecule has 1 amide bonds. The molecule has 4 rings (SSSR count). The molecule has 188 valence electrons. The van der Waals surface area contributed by atoms with Gasteiger partial charge in [0.2, 0.25) is 5.91 Å². The fraction of sp³-hybridized carbons (Fsp3) is 0.519. The lowest BCUT2D eigenvalue weighted by atomic mass is 9.91. The third-order valence-electron chi connectivity index (χ3n) is 5.72. The third-order valence-corrected chi connectivity index (χ3v) is 5.72. The number of amides is 1. The van der Waals surface area contributed by atoms with E-state index in [1.54, 1.807) is 13.2 Å². The molecule has 0 aliphatic heterocycles. The standard InChI is InChI=1S/C17H20N4O.C7H14.C3H4N2O/c1-12-6-7-16-18-10-15(21(16)11-12)17-19-13(2)9-14(20-17)5-4-8-22-3;1-7-5-3-2-4-6-7;4-2-1-3(5)6/h6-7,9-11H,4-5,8H2,1-3H3;7H,2-6H2,1H3;1H2,(H2,5,6). The van der Waals surface area contributed by atoms with Crippen LogP contribution in [-0.4, -0.2) is 39.0 Å². The first kappa shape index (κ1) is 27.9. The molecule has 1 saturated carbocycles. The van der Waals surface area contributed by atoms with Crippen LogP contribution in [-0.2, 0) is 16.0 Å². The summed E-state index contributed by atoms with van der Waals surface area (Å²) in [6.45, 7) is 7.17. The van der Waals surface area contributed by atoms with E-state index in [-0.39, 0.29) is 6.42 Å². The van der Waals surface area contributed by atoms with Gasteiger partial charge in [0.25, 0.3) is 0 Å². The molecule has 0 unspecified atom stereocenters. The largest absolute Gasteiger partial charge is 0.385 e. The number of fused-ring (bicyclic) bond motifs is 1. The number of nitrogens with two attached hydrogens (primary N) is 1. The average molecular weight is 479 g/mol. The summed E-state index contributed by atoms with van der Waals surface area (Å²) in [5.74, 6) is 1.19. The van der Waals surface area contributed by atoms with Gasteiger partial charge in [-0.1, -0.05) is 45.1 Å². The zero-order valence-electron chi connectivity index (χ0n) is 21.5. The van der Waals surface area contributed by atoms with Gasteiger partial charge in [-0.3, -0.25) is 9.20 Å². The molecule has 0 saturated heterocycles. The fourth-order valence-electron chi connectivity index (χ4n) is 3.91. The van der Waals surface area contributed by atoms with Crippen molar-refractivity contribution >= 4 is 11.6 Å². The first-order chi connectivity index (χ1) is 16.8. The zero-order valence-corrected chi connectivity index (χ0v) is 21.5. The van der Waals surface area contributed by atoms with E-state index in [0.29, 0.717) is 0 Å². The van der Waals surface area contributed by atoms with Crippen LogP contribution in [0.3, 0.4) is 0 Å². The van der Waals surface area contributed by atoms with E-state index in [4.69, 9.17) is 15.0 Å². The Morgan fingerprint density at radius 2 is 1.97 bits per heavy atom. The molecular weight excluding hydrogens is 440 g/mol. The average Bonchev–Trinajstić information content (AvgIpc) is 3.23. The molecule has 2 N–H and O–H groups in total. The second-order valence-electron chi connectivity index (χ2n) is 9.04. The Morgan fingerprint density at radius 1 is 1.23 bits per heavy atom. The second kappa shape index (κ2) is 14.8. The maximum atomic E-state index is 9.60. The quantitative estimate of drug-likeness (QED) is 0.500. The van der Waals surface area contributed by atoms with Crippen LogP contribution in [0.1, 0.15) is 68.8 Å². The van der Waals surface area contributed by atoms with Crippen molar-refractivity contribution in [1.82, 2.24) is 19.4 Å². The number of aromatic nitrogens is 4. The molecule has 8 nitrogen and oxygen atoms in total. The van der Waals surface area contributed by atoms with Crippen LogP contribution in [0, 0.1) is 31.1 Å². The van der Waals surface area contributed by atoms with Crippen molar-refractivity contribution in [2.24, 2.45) is 11.7 Å². The van der Waals surface area contributed by atoms with Crippen LogP contribution in [0.2, 0.25) is 0 Å². The van der Waals surface area contributed by atoms with Crippen molar-refractivity contribution in [2.75, 3.05) is 13.7 Å². The number of hydrogen-bond donors (Lipinski definition) is 1. The molecule has 1 fully saturated rings. The smallest absolute Gasteiger partial charge is 0.231 e. The molecule has 0 bridgehead atoms. The topological polar surface area (TPSA) is 119 Å². The highest BCUT2D eigenvalue weighted by Gasteiger charge is 2.11. The Hall–Kier alpha value is -3.31. The summed E-state index contributed by atoms with van der Waals surface area (Å²) in [5.41, 5.74) is 9.57. The van der Waals surface area contributed by atoms with Gasteiger partial charge in [-0.2, -0.15) is 5.26 Å². The van der Waals surface area contributed by atoms with Crippen molar-refractivity contribution < 1.29 is 9.53 Å². The number of imidazole rings is 1. The molecule has 3 aromatic rings. The molecule has 3 heterocycles. The van der Waals surface area contributed by atoms with E-state index in [1.807, 2.05) is 29.7 Å². The molecule has 3 aromatic heterocycles. The minimum absolute atomic E-state index is 0.181. The minimum atomic E-state index is -0.572. The molecule has 0 spiro atoms. The Bertz CT molecular complexity index is 1110. The minimum Gasteiger partial charge on any atom is -0.385 e. The van der Waals surface area contributed by atoms with Crippen molar-refractivity contribution in [1.29, 1.82) is 5.26 Å². The van der Waals surface area contributed by atoms with Crippen LogP contribution >= 0.6 is 0 Å². The lowest BCUT2D eigenvalue weighted by Gasteiger charge is -2.15. The Morgan fingerprint density at radius 3 is 2.54 bits per heavy atom. The molecule has 0 atom stereocenters. The van der Waals surface area contributed by atoms with Crippen LogP contribution in [0.25, 0.3) is 17.2 Å². The van der Waals surface area contributed by atoms with Crippen molar-refractivity contribution in [3.63, 3.8) is 0 Å². The third kappa shape index (κ3) is 9.83. The zero-order chi connectivity index (χ0) is 25.6. The molecule has 35 heavy (non-hydrogen) atoms. The second-order valence-corrected chi connectivity index (χ2v) is 9.04. The summed E-state index contributed by atoms with van der Waals surface area (Å²) in [6.07, 6.45) is 13.0. The highest BCUT2D eigenvalue weighted by molar-refractivity contribution is 5.75. The number of pyridine rings is 1. The van der Waals surface area contributed by atoms with Gasteiger partial charge in [0.05, 0.1) is 12.3 Å². The monoisotopic (exact) mass is 478 g/mol. The number of aryl methyl sites for hydroxylation is 3. The number of carbonyl (C=O) groups excluding carboxylic acids is 1. The summed E-state index contributed by atoms with van der Waals surface area (Å²) in [5, 5.41) is 7.69. The van der Waals surface area contributed by atoms with Gasteiger partial charge in [-0.25, -0.2) is 15.0 Å². The Labute approximate surface area is 208 Å². The van der Waals surface area contributed by atoms with E-state index in [9.17, 15) is 4.79 Å². The van der Waals surface area contributed by atoms with Crippen LogP contribution < -0.4 is 5.73 Å². The molecule has 0 radical (unpaired) electrons. The lowest BCUT2D eigenvalue weighted by molar-refractivity contribution is -0.117. The first-order valence-corrected chi connectivity index (χ1v) is 12.3.